The molecule has 26 heavy (non-hydrogen) atoms. The van der Waals surface area contributed by atoms with E-state index in [1.807, 2.05) is 13.0 Å². The molecule has 2 aliphatic heterocycles. The normalized spacial score (nSPS) is 23.4. The number of aryl methyl sites for hydroxylation is 1. The van der Waals surface area contributed by atoms with Crippen molar-refractivity contribution < 1.29 is 17.9 Å². The van der Waals surface area contributed by atoms with Crippen LogP contribution in [0.3, 0.4) is 0 Å². The van der Waals surface area contributed by atoms with E-state index in [1.54, 1.807) is 19.2 Å². The molecular formula is C17H23N3O4S2. The van der Waals surface area contributed by atoms with Gasteiger partial charge in [0.15, 0.2) is 15.0 Å². The van der Waals surface area contributed by atoms with Gasteiger partial charge in [-0.25, -0.2) is 8.42 Å². The van der Waals surface area contributed by atoms with Crippen LogP contribution >= 0.6 is 11.8 Å². The van der Waals surface area contributed by atoms with Crippen molar-refractivity contribution in [1.82, 2.24) is 5.32 Å². The zero-order valence-corrected chi connectivity index (χ0v) is 16.5. The highest BCUT2D eigenvalue weighted by Gasteiger charge is 2.42. The van der Waals surface area contributed by atoms with Crippen LogP contribution < -0.4 is 10.6 Å². The molecule has 1 fully saturated rings. The van der Waals surface area contributed by atoms with Crippen LogP contribution in [0.4, 0.5) is 5.69 Å². The van der Waals surface area contributed by atoms with Crippen LogP contribution in [-0.2, 0) is 14.6 Å². The first kappa shape index (κ1) is 19.2. The lowest BCUT2D eigenvalue weighted by atomic mass is 10.1. The summed E-state index contributed by atoms with van der Waals surface area (Å²) in [5, 5.41) is 6.84. The Morgan fingerprint density at radius 3 is 2.92 bits per heavy atom. The molecule has 0 aliphatic carbocycles. The van der Waals surface area contributed by atoms with Gasteiger partial charge in [0.2, 0.25) is 0 Å². The molecule has 0 unspecified atom stereocenters. The van der Waals surface area contributed by atoms with E-state index < -0.39 is 9.84 Å². The second-order valence-electron chi connectivity index (χ2n) is 6.49. The number of amidine groups is 1. The molecule has 0 spiro atoms. The third-order valence-electron chi connectivity index (χ3n) is 4.37. The van der Waals surface area contributed by atoms with Gasteiger partial charge in [-0.2, -0.15) is 0 Å². The molecule has 2 N–H and O–H groups in total. The van der Waals surface area contributed by atoms with E-state index in [9.17, 15) is 13.2 Å². The predicted molar refractivity (Wildman–Crippen MR) is 105 cm³/mol. The van der Waals surface area contributed by atoms with Crippen molar-refractivity contribution in [3.8, 4) is 0 Å². The third-order valence-corrected chi connectivity index (χ3v) is 7.51. The maximum atomic E-state index is 12.3. The summed E-state index contributed by atoms with van der Waals surface area (Å²) in [6.07, 6.45) is 0.762. The molecule has 2 atom stereocenters. The minimum Gasteiger partial charge on any atom is -0.385 e. The third kappa shape index (κ3) is 4.57. The summed E-state index contributed by atoms with van der Waals surface area (Å²) in [6, 6.07) is 5.31. The SMILES string of the molecule is COCCCNC(=O)c1ccc(C)c(NC2=N[C@@H]3CS(=O)(=O)C[C@@H]3S2)c1. The molecule has 2 aliphatic rings. The van der Waals surface area contributed by atoms with Gasteiger partial charge in [-0.15, -0.1) is 0 Å². The Hall–Kier alpha value is -1.58. The number of rotatable bonds is 6. The molecular weight excluding hydrogens is 374 g/mol. The van der Waals surface area contributed by atoms with Crippen molar-refractivity contribution in [1.29, 1.82) is 0 Å². The first-order valence-corrected chi connectivity index (χ1v) is 11.2. The van der Waals surface area contributed by atoms with Crippen LogP contribution in [0.25, 0.3) is 0 Å². The van der Waals surface area contributed by atoms with Crippen LogP contribution in [0.15, 0.2) is 23.2 Å². The highest BCUT2D eigenvalue weighted by Crippen LogP contribution is 2.35. The summed E-state index contributed by atoms with van der Waals surface area (Å²) in [7, 11) is -1.33. The molecule has 1 aromatic rings. The van der Waals surface area contributed by atoms with Gasteiger partial charge >= 0.3 is 0 Å². The highest BCUT2D eigenvalue weighted by atomic mass is 32.2. The number of nitrogens with zero attached hydrogens (tertiary/aromatic N) is 1. The van der Waals surface area contributed by atoms with E-state index in [4.69, 9.17) is 4.74 Å². The molecule has 0 saturated carbocycles. The Morgan fingerprint density at radius 2 is 2.19 bits per heavy atom. The van der Waals surface area contributed by atoms with Crippen molar-refractivity contribution in [3.05, 3.63) is 29.3 Å². The molecule has 0 radical (unpaired) electrons. The van der Waals surface area contributed by atoms with Crippen LogP contribution in [0, 0.1) is 6.92 Å². The fraction of sp³-hybridized carbons (Fsp3) is 0.529. The van der Waals surface area contributed by atoms with Crippen molar-refractivity contribution >= 4 is 38.4 Å². The second-order valence-corrected chi connectivity index (χ2v) is 9.87. The van der Waals surface area contributed by atoms with Crippen LogP contribution in [0.1, 0.15) is 22.3 Å². The summed E-state index contributed by atoms with van der Waals surface area (Å²) >= 11 is 1.47. The minimum atomic E-state index is -2.96. The Labute approximate surface area is 157 Å². The number of aliphatic imine (C=N–C) groups is 1. The Balaban J connectivity index is 1.65. The number of anilines is 1. The smallest absolute Gasteiger partial charge is 0.251 e. The summed E-state index contributed by atoms with van der Waals surface area (Å²) in [4.78, 5) is 16.8. The number of sulfone groups is 1. The van der Waals surface area contributed by atoms with Crippen molar-refractivity contribution in [2.45, 2.75) is 24.6 Å². The summed E-state index contributed by atoms with van der Waals surface area (Å²) in [6.45, 7) is 3.12. The number of methoxy groups -OCH3 is 1. The summed E-state index contributed by atoms with van der Waals surface area (Å²) in [5.41, 5.74) is 2.37. The Bertz CT molecular complexity index is 823. The quantitative estimate of drug-likeness (QED) is 0.705. The zero-order chi connectivity index (χ0) is 18.7. The van der Waals surface area contributed by atoms with E-state index >= 15 is 0 Å². The number of nitrogens with one attached hydrogen (secondary N) is 2. The standard InChI is InChI=1S/C17H23N3O4S2/c1-11-4-5-12(16(21)18-6-3-7-24-2)8-13(11)19-17-20-14-9-26(22,23)10-15(14)25-17/h4-5,8,14-15H,3,6-7,9-10H2,1-2H3,(H,18,21)(H,19,20)/t14-,15+/m1/s1. The predicted octanol–water partition coefficient (Wildman–Crippen LogP) is 1.44. The van der Waals surface area contributed by atoms with Gasteiger partial charge in [-0.3, -0.25) is 9.79 Å². The first-order valence-electron chi connectivity index (χ1n) is 8.47. The van der Waals surface area contributed by atoms with Gasteiger partial charge in [-0.1, -0.05) is 17.8 Å². The molecule has 1 aromatic carbocycles. The lowest BCUT2D eigenvalue weighted by Gasteiger charge is -2.12. The molecule has 7 nitrogen and oxygen atoms in total. The van der Waals surface area contributed by atoms with Gasteiger partial charge in [0.05, 0.1) is 17.5 Å². The molecule has 1 amide bonds. The Morgan fingerprint density at radius 1 is 1.38 bits per heavy atom. The number of carbonyl (C=O) groups is 1. The molecule has 0 aromatic heterocycles. The number of ether oxygens (including phenoxy) is 1. The van der Waals surface area contributed by atoms with Crippen LogP contribution in [-0.4, -0.2) is 62.6 Å². The van der Waals surface area contributed by atoms with E-state index in [0.29, 0.717) is 18.7 Å². The number of carbonyl (C=O) groups excluding carboxylic acids is 1. The fourth-order valence-electron chi connectivity index (χ4n) is 2.95. The van der Waals surface area contributed by atoms with Gasteiger partial charge in [0.25, 0.3) is 5.91 Å². The minimum absolute atomic E-state index is 0.00456. The zero-order valence-electron chi connectivity index (χ0n) is 14.8. The van der Waals surface area contributed by atoms with Gasteiger partial charge in [-0.05, 0) is 31.0 Å². The van der Waals surface area contributed by atoms with E-state index in [-0.39, 0.29) is 28.7 Å². The van der Waals surface area contributed by atoms with Gasteiger partial charge < -0.3 is 15.4 Å². The highest BCUT2D eigenvalue weighted by molar-refractivity contribution is 8.15. The largest absolute Gasteiger partial charge is 0.385 e. The van der Waals surface area contributed by atoms with E-state index in [0.717, 1.165) is 22.8 Å². The monoisotopic (exact) mass is 397 g/mol. The first-order chi connectivity index (χ1) is 12.4. The lowest BCUT2D eigenvalue weighted by Crippen LogP contribution is -2.25. The molecule has 2 heterocycles. The molecule has 142 valence electrons. The molecule has 1 saturated heterocycles. The maximum Gasteiger partial charge on any atom is 0.251 e. The summed E-state index contributed by atoms with van der Waals surface area (Å²) < 4.78 is 28.3. The average molecular weight is 398 g/mol. The molecule has 3 rings (SSSR count). The van der Waals surface area contributed by atoms with Crippen molar-refractivity contribution in [2.24, 2.45) is 4.99 Å². The van der Waals surface area contributed by atoms with Gasteiger partial charge in [0.1, 0.15) is 0 Å². The Kier molecular flexibility index (Phi) is 5.89. The number of thioether (sulfide) groups is 1. The van der Waals surface area contributed by atoms with Crippen LogP contribution in [0.2, 0.25) is 0 Å². The molecule has 0 bridgehead atoms. The summed E-state index contributed by atoms with van der Waals surface area (Å²) in [5.74, 6) is 0.173. The van der Waals surface area contributed by atoms with Crippen LogP contribution in [0.5, 0.6) is 0 Å². The average Bonchev–Trinajstić information content (AvgIpc) is 3.06. The van der Waals surface area contributed by atoms with Gasteiger partial charge in [0, 0.05) is 36.8 Å². The molecule has 9 heteroatoms. The van der Waals surface area contributed by atoms with Crippen molar-refractivity contribution in [3.63, 3.8) is 0 Å². The number of hydrogen-bond donors (Lipinski definition) is 2. The second kappa shape index (κ2) is 7.98. The topological polar surface area (TPSA) is 96.9 Å². The lowest BCUT2D eigenvalue weighted by molar-refractivity contribution is 0.0948. The van der Waals surface area contributed by atoms with Crippen molar-refractivity contribution in [2.75, 3.05) is 37.1 Å². The number of fused-ring (bicyclic) bond motifs is 1. The van der Waals surface area contributed by atoms with E-state index in [2.05, 4.69) is 15.6 Å². The fourth-order valence-corrected chi connectivity index (χ4v) is 6.62. The number of benzene rings is 1. The maximum absolute atomic E-state index is 12.3. The number of amides is 1. The van der Waals surface area contributed by atoms with E-state index in [1.165, 1.54) is 11.8 Å². The number of hydrogen-bond acceptors (Lipinski definition) is 7.